The van der Waals surface area contributed by atoms with Crippen LogP contribution in [0.25, 0.3) is 0 Å². The fourth-order valence-corrected chi connectivity index (χ4v) is 1.58. The van der Waals surface area contributed by atoms with Crippen LogP contribution in [0.15, 0.2) is 18.2 Å². The Kier molecular flexibility index (Phi) is 6.07. The number of likely N-dealkylation sites (N-methyl/N-ethyl adjacent to an activating group) is 1. The van der Waals surface area contributed by atoms with E-state index < -0.39 is 0 Å². The molecule has 0 aliphatic carbocycles. The zero-order valence-electron chi connectivity index (χ0n) is 11.7. The molecule has 0 unspecified atom stereocenters. The van der Waals surface area contributed by atoms with Crippen molar-refractivity contribution in [2.75, 3.05) is 32.6 Å². The SMILES string of the molecule is Cc1cc(C#CCCO)ccc1NC(=O)CN(C)C. The van der Waals surface area contributed by atoms with Gasteiger partial charge in [0.2, 0.25) is 5.91 Å². The monoisotopic (exact) mass is 260 g/mol. The van der Waals surface area contributed by atoms with Crippen LogP contribution in [-0.2, 0) is 4.79 Å². The summed E-state index contributed by atoms with van der Waals surface area (Å²) in [7, 11) is 3.71. The van der Waals surface area contributed by atoms with E-state index in [0.29, 0.717) is 13.0 Å². The summed E-state index contributed by atoms with van der Waals surface area (Å²) >= 11 is 0. The minimum absolute atomic E-state index is 0.0350. The topological polar surface area (TPSA) is 52.6 Å². The van der Waals surface area contributed by atoms with Crippen molar-refractivity contribution in [2.24, 2.45) is 0 Å². The van der Waals surface area contributed by atoms with Crippen LogP contribution in [0.1, 0.15) is 17.5 Å². The van der Waals surface area contributed by atoms with E-state index in [1.807, 2.05) is 44.1 Å². The Hall–Kier alpha value is -1.83. The van der Waals surface area contributed by atoms with Crippen LogP contribution in [0.3, 0.4) is 0 Å². The molecule has 0 spiro atoms. The number of carbonyl (C=O) groups is 1. The predicted molar refractivity (Wildman–Crippen MR) is 76.9 cm³/mol. The molecule has 0 aliphatic heterocycles. The van der Waals surface area contributed by atoms with Crippen molar-refractivity contribution >= 4 is 11.6 Å². The van der Waals surface area contributed by atoms with Gasteiger partial charge in [-0.25, -0.2) is 0 Å². The number of hydrogen-bond acceptors (Lipinski definition) is 3. The van der Waals surface area contributed by atoms with Gasteiger partial charge in [0.05, 0.1) is 13.2 Å². The maximum absolute atomic E-state index is 11.7. The number of aliphatic hydroxyl groups is 1. The molecule has 0 heterocycles. The van der Waals surface area contributed by atoms with Gasteiger partial charge in [-0.1, -0.05) is 11.8 Å². The number of nitrogens with one attached hydrogen (secondary N) is 1. The van der Waals surface area contributed by atoms with Gasteiger partial charge in [0.1, 0.15) is 0 Å². The molecular formula is C15H20N2O2. The minimum Gasteiger partial charge on any atom is -0.395 e. The second kappa shape index (κ2) is 7.57. The van der Waals surface area contributed by atoms with Crippen LogP contribution in [0, 0.1) is 18.8 Å². The first-order valence-corrected chi connectivity index (χ1v) is 6.18. The third kappa shape index (κ3) is 5.56. The van der Waals surface area contributed by atoms with Crippen molar-refractivity contribution in [3.63, 3.8) is 0 Å². The Bertz CT molecular complexity index is 499. The van der Waals surface area contributed by atoms with Gasteiger partial charge in [0.15, 0.2) is 0 Å². The lowest BCUT2D eigenvalue weighted by atomic mass is 10.1. The Morgan fingerprint density at radius 3 is 2.74 bits per heavy atom. The van der Waals surface area contributed by atoms with Gasteiger partial charge in [0.25, 0.3) is 0 Å². The fraction of sp³-hybridized carbons (Fsp3) is 0.400. The predicted octanol–water partition coefficient (Wildman–Crippen LogP) is 1.23. The van der Waals surface area contributed by atoms with E-state index >= 15 is 0 Å². The van der Waals surface area contributed by atoms with Crippen molar-refractivity contribution in [1.29, 1.82) is 0 Å². The van der Waals surface area contributed by atoms with E-state index in [1.54, 1.807) is 0 Å². The van der Waals surface area contributed by atoms with Crippen LogP contribution in [-0.4, -0.2) is 43.2 Å². The van der Waals surface area contributed by atoms with Crippen molar-refractivity contribution in [3.05, 3.63) is 29.3 Å². The molecule has 0 aliphatic rings. The fourth-order valence-electron chi connectivity index (χ4n) is 1.58. The van der Waals surface area contributed by atoms with Crippen LogP contribution >= 0.6 is 0 Å². The Morgan fingerprint density at radius 1 is 1.42 bits per heavy atom. The number of amides is 1. The number of carbonyl (C=O) groups excluding carboxylic acids is 1. The van der Waals surface area contributed by atoms with Crippen LogP contribution < -0.4 is 5.32 Å². The summed E-state index contributed by atoms with van der Waals surface area (Å²) in [5.41, 5.74) is 2.67. The largest absolute Gasteiger partial charge is 0.395 e. The summed E-state index contributed by atoms with van der Waals surface area (Å²) in [5.74, 6) is 5.80. The van der Waals surface area contributed by atoms with Crippen molar-refractivity contribution < 1.29 is 9.90 Å². The summed E-state index contributed by atoms with van der Waals surface area (Å²) in [5, 5.41) is 11.5. The molecule has 1 aromatic rings. The molecule has 19 heavy (non-hydrogen) atoms. The molecule has 1 aromatic carbocycles. The normalized spacial score (nSPS) is 9.95. The first kappa shape index (κ1) is 15.2. The summed E-state index contributed by atoms with van der Waals surface area (Å²) < 4.78 is 0. The zero-order valence-corrected chi connectivity index (χ0v) is 11.7. The van der Waals surface area contributed by atoms with Crippen LogP contribution in [0.5, 0.6) is 0 Å². The molecule has 0 bridgehead atoms. The first-order chi connectivity index (χ1) is 9.02. The van der Waals surface area contributed by atoms with Crippen molar-refractivity contribution in [2.45, 2.75) is 13.3 Å². The second-order valence-electron chi connectivity index (χ2n) is 4.59. The number of rotatable bonds is 4. The van der Waals surface area contributed by atoms with Crippen LogP contribution in [0.2, 0.25) is 0 Å². The van der Waals surface area contributed by atoms with E-state index in [4.69, 9.17) is 5.11 Å². The maximum Gasteiger partial charge on any atom is 0.238 e. The summed E-state index contributed by atoms with van der Waals surface area (Å²) in [6, 6.07) is 5.64. The number of anilines is 1. The number of nitrogens with zero attached hydrogens (tertiary/aromatic N) is 1. The summed E-state index contributed by atoms with van der Waals surface area (Å²) in [6.07, 6.45) is 0.473. The van der Waals surface area contributed by atoms with E-state index in [-0.39, 0.29) is 12.5 Å². The van der Waals surface area contributed by atoms with Gasteiger partial charge in [-0.3, -0.25) is 4.79 Å². The number of hydrogen-bond donors (Lipinski definition) is 2. The van der Waals surface area contributed by atoms with E-state index in [0.717, 1.165) is 16.8 Å². The summed E-state index contributed by atoms with van der Waals surface area (Å²) in [6.45, 7) is 2.37. The highest BCUT2D eigenvalue weighted by atomic mass is 16.2. The third-order valence-corrected chi connectivity index (χ3v) is 2.43. The molecule has 1 rings (SSSR count). The summed E-state index contributed by atoms with van der Waals surface area (Å²) in [4.78, 5) is 13.5. The number of benzene rings is 1. The molecule has 0 aromatic heterocycles. The third-order valence-electron chi connectivity index (χ3n) is 2.43. The quantitative estimate of drug-likeness (QED) is 0.801. The Morgan fingerprint density at radius 2 is 2.16 bits per heavy atom. The molecule has 2 N–H and O–H groups in total. The zero-order chi connectivity index (χ0) is 14.3. The number of aliphatic hydroxyl groups excluding tert-OH is 1. The smallest absolute Gasteiger partial charge is 0.238 e. The molecule has 0 fully saturated rings. The van der Waals surface area contributed by atoms with Gasteiger partial charge < -0.3 is 15.3 Å². The maximum atomic E-state index is 11.7. The molecule has 1 amide bonds. The second-order valence-corrected chi connectivity index (χ2v) is 4.59. The van der Waals surface area contributed by atoms with E-state index in [9.17, 15) is 4.79 Å². The highest BCUT2D eigenvalue weighted by Crippen LogP contribution is 2.16. The lowest BCUT2D eigenvalue weighted by Crippen LogP contribution is -2.27. The van der Waals surface area contributed by atoms with Gasteiger partial charge in [-0.15, -0.1) is 0 Å². The highest BCUT2D eigenvalue weighted by molar-refractivity contribution is 5.93. The van der Waals surface area contributed by atoms with Crippen molar-refractivity contribution in [3.8, 4) is 11.8 Å². The molecule has 102 valence electrons. The standard InChI is InChI=1S/C15H20N2O2/c1-12-10-13(6-4-5-9-18)7-8-14(12)16-15(19)11-17(2)3/h7-8,10,18H,5,9,11H2,1-3H3,(H,16,19). The van der Waals surface area contributed by atoms with E-state index in [2.05, 4.69) is 17.2 Å². The molecule has 0 saturated heterocycles. The molecular weight excluding hydrogens is 240 g/mol. The average molecular weight is 260 g/mol. The first-order valence-electron chi connectivity index (χ1n) is 6.18. The highest BCUT2D eigenvalue weighted by Gasteiger charge is 2.05. The lowest BCUT2D eigenvalue weighted by Gasteiger charge is -2.12. The van der Waals surface area contributed by atoms with Gasteiger partial charge in [-0.2, -0.15) is 0 Å². The van der Waals surface area contributed by atoms with Crippen LogP contribution in [0.4, 0.5) is 5.69 Å². The lowest BCUT2D eigenvalue weighted by molar-refractivity contribution is -0.116. The van der Waals surface area contributed by atoms with E-state index in [1.165, 1.54) is 0 Å². The Labute approximate surface area is 114 Å². The molecule has 4 heteroatoms. The van der Waals surface area contributed by atoms with Gasteiger partial charge >= 0.3 is 0 Å². The average Bonchev–Trinajstić information content (AvgIpc) is 2.32. The Balaban J connectivity index is 2.73. The minimum atomic E-state index is -0.0350. The van der Waals surface area contributed by atoms with Gasteiger partial charge in [-0.05, 0) is 44.8 Å². The van der Waals surface area contributed by atoms with Crippen molar-refractivity contribution in [1.82, 2.24) is 4.90 Å². The molecule has 0 radical (unpaired) electrons. The number of aryl methyl sites for hydroxylation is 1. The molecule has 4 nitrogen and oxygen atoms in total. The molecule has 0 atom stereocenters. The molecule has 0 saturated carbocycles. The van der Waals surface area contributed by atoms with Gasteiger partial charge in [0, 0.05) is 17.7 Å².